The van der Waals surface area contributed by atoms with Crippen molar-refractivity contribution in [3.8, 4) is 11.8 Å². The lowest BCUT2D eigenvalue weighted by Gasteiger charge is -2.09. The van der Waals surface area contributed by atoms with Crippen LogP contribution in [0.5, 0.6) is 0 Å². The Hall–Kier alpha value is -2.21. The molecule has 2 aromatic heterocycles. The molecule has 104 valence electrons. The van der Waals surface area contributed by atoms with E-state index in [2.05, 4.69) is 32.8 Å². The van der Waals surface area contributed by atoms with Crippen LogP contribution in [0.15, 0.2) is 42.9 Å². The average molecular weight is 393 g/mol. The zero-order valence-electron chi connectivity index (χ0n) is 10.7. The van der Waals surface area contributed by atoms with Crippen molar-refractivity contribution in [2.24, 2.45) is 0 Å². The number of aromatic nitrogens is 4. The summed E-state index contributed by atoms with van der Waals surface area (Å²) in [6.45, 7) is 0.481. The van der Waals surface area contributed by atoms with Crippen LogP contribution < -0.4 is 0 Å². The van der Waals surface area contributed by atoms with Crippen LogP contribution in [0.25, 0.3) is 5.69 Å². The van der Waals surface area contributed by atoms with Gasteiger partial charge in [-0.05, 0) is 46.9 Å². The number of nitriles is 1. The van der Waals surface area contributed by atoms with E-state index in [1.807, 2.05) is 12.1 Å². The smallest absolute Gasteiger partial charge is 0.124 e. The van der Waals surface area contributed by atoms with E-state index in [0.717, 1.165) is 15.0 Å². The lowest BCUT2D eigenvalue weighted by atomic mass is 10.3. The van der Waals surface area contributed by atoms with Gasteiger partial charge in [0, 0.05) is 16.0 Å². The van der Waals surface area contributed by atoms with E-state index in [1.54, 1.807) is 27.8 Å². The Morgan fingerprint density at radius 2 is 2.14 bits per heavy atom. The van der Waals surface area contributed by atoms with Gasteiger partial charge < -0.3 is 0 Å². The molecule has 5 nitrogen and oxygen atoms in total. The molecule has 0 spiro atoms. The molecule has 0 amide bonds. The molecule has 0 atom stereocenters. The standard InChI is InChI=1S/C14H9FIN5/c15-11-1-2-14(13(16)5-11)21-12(3-4-18-21)9-20-8-10(6-17)7-19-20/h1-5,7-8H,9H2. The predicted octanol–water partition coefficient (Wildman–Crippen LogP) is 2.73. The molecule has 0 aliphatic rings. The van der Waals surface area contributed by atoms with E-state index in [0.29, 0.717) is 12.1 Å². The maximum atomic E-state index is 13.2. The highest BCUT2D eigenvalue weighted by Crippen LogP contribution is 2.19. The summed E-state index contributed by atoms with van der Waals surface area (Å²) >= 11 is 2.08. The van der Waals surface area contributed by atoms with Gasteiger partial charge in [0.2, 0.25) is 0 Å². The van der Waals surface area contributed by atoms with Crippen molar-refractivity contribution >= 4 is 22.6 Å². The minimum absolute atomic E-state index is 0.275. The van der Waals surface area contributed by atoms with Gasteiger partial charge in [0.1, 0.15) is 11.9 Å². The first-order valence-electron chi connectivity index (χ1n) is 6.08. The van der Waals surface area contributed by atoms with Crippen LogP contribution in [0, 0.1) is 20.7 Å². The topological polar surface area (TPSA) is 59.4 Å². The quantitative estimate of drug-likeness (QED) is 0.643. The highest BCUT2D eigenvalue weighted by Gasteiger charge is 2.10. The van der Waals surface area contributed by atoms with Crippen molar-refractivity contribution in [1.82, 2.24) is 19.6 Å². The molecular weight excluding hydrogens is 384 g/mol. The van der Waals surface area contributed by atoms with Crippen molar-refractivity contribution in [2.45, 2.75) is 6.54 Å². The molecule has 3 aromatic rings. The second-order valence-corrected chi connectivity index (χ2v) is 5.53. The highest BCUT2D eigenvalue weighted by molar-refractivity contribution is 14.1. The first-order valence-corrected chi connectivity index (χ1v) is 7.16. The minimum Gasteiger partial charge on any atom is -0.265 e. The van der Waals surface area contributed by atoms with Gasteiger partial charge in [-0.1, -0.05) is 0 Å². The number of hydrogen-bond acceptors (Lipinski definition) is 3. The molecule has 7 heteroatoms. The van der Waals surface area contributed by atoms with E-state index in [4.69, 9.17) is 5.26 Å². The highest BCUT2D eigenvalue weighted by atomic mass is 127. The molecule has 0 bridgehead atoms. The maximum absolute atomic E-state index is 13.2. The summed E-state index contributed by atoms with van der Waals surface area (Å²) in [5.41, 5.74) is 2.22. The SMILES string of the molecule is N#Cc1cnn(Cc2ccnn2-c2ccc(F)cc2I)c1. The van der Waals surface area contributed by atoms with Crippen LogP contribution in [0.3, 0.4) is 0 Å². The Kier molecular flexibility index (Phi) is 3.70. The van der Waals surface area contributed by atoms with Crippen molar-refractivity contribution in [3.05, 3.63) is 63.5 Å². The van der Waals surface area contributed by atoms with Gasteiger partial charge in [-0.15, -0.1) is 0 Å². The summed E-state index contributed by atoms with van der Waals surface area (Å²) in [6, 6.07) is 8.47. The molecule has 0 aliphatic carbocycles. The number of benzene rings is 1. The van der Waals surface area contributed by atoms with Crippen LogP contribution in [-0.4, -0.2) is 19.6 Å². The molecule has 0 saturated carbocycles. The first kappa shape index (κ1) is 13.8. The molecule has 0 aliphatic heterocycles. The largest absolute Gasteiger partial charge is 0.265 e. The van der Waals surface area contributed by atoms with Crippen LogP contribution in [0.4, 0.5) is 4.39 Å². The normalized spacial score (nSPS) is 10.5. The Labute approximate surface area is 133 Å². The molecule has 0 fully saturated rings. The van der Waals surface area contributed by atoms with Gasteiger partial charge in [0.05, 0.1) is 29.7 Å². The fraction of sp³-hybridized carbons (Fsp3) is 0.0714. The summed E-state index contributed by atoms with van der Waals surface area (Å²) in [6.07, 6.45) is 4.87. The Morgan fingerprint density at radius 3 is 2.86 bits per heavy atom. The fourth-order valence-corrected chi connectivity index (χ4v) is 2.70. The van der Waals surface area contributed by atoms with Crippen molar-refractivity contribution in [1.29, 1.82) is 5.26 Å². The average Bonchev–Trinajstić information content (AvgIpc) is 3.09. The summed E-state index contributed by atoms with van der Waals surface area (Å²) in [7, 11) is 0. The Morgan fingerprint density at radius 1 is 1.29 bits per heavy atom. The van der Waals surface area contributed by atoms with E-state index >= 15 is 0 Å². The van der Waals surface area contributed by atoms with Crippen LogP contribution in [-0.2, 0) is 6.54 Å². The Bertz CT molecular complexity index is 830. The van der Waals surface area contributed by atoms with Gasteiger partial charge in [-0.25, -0.2) is 9.07 Å². The lowest BCUT2D eigenvalue weighted by molar-refractivity contribution is 0.623. The minimum atomic E-state index is -0.275. The number of rotatable bonds is 3. The van der Waals surface area contributed by atoms with Crippen molar-refractivity contribution in [2.75, 3.05) is 0 Å². The third-order valence-corrected chi connectivity index (χ3v) is 3.81. The van der Waals surface area contributed by atoms with E-state index in [-0.39, 0.29) is 5.82 Å². The maximum Gasteiger partial charge on any atom is 0.124 e. The van der Waals surface area contributed by atoms with Crippen LogP contribution in [0.1, 0.15) is 11.3 Å². The molecule has 3 rings (SSSR count). The summed E-state index contributed by atoms with van der Waals surface area (Å²) in [4.78, 5) is 0. The molecule has 1 aromatic carbocycles. The Balaban J connectivity index is 1.95. The van der Waals surface area contributed by atoms with E-state index < -0.39 is 0 Å². The number of halogens is 2. The molecule has 0 N–H and O–H groups in total. The molecule has 0 saturated heterocycles. The lowest BCUT2D eigenvalue weighted by Crippen LogP contribution is -2.09. The fourth-order valence-electron chi connectivity index (χ4n) is 1.99. The van der Waals surface area contributed by atoms with Crippen LogP contribution in [0.2, 0.25) is 0 Å². The van der Waals surface area contributed by atoms with Gasteiger partial charge in [-0.3, -0.25) is 4.68 Å². The predicted molar refractivity (Wildman–Crippen MR) is 82.3 cm³/mol. The third-order valence-electron chi connectivity index (χ3n) is 2.95. The molecule has 0 radical (unpaired) electrons. The first-order chi connectivity index (χ1) is 10.2. The molecule has 0 unspecified atom stereocenters. The summed E-state index contributed by atoms with van der Waals surface area (Å²) in [5, 5.41) is 17.2. The van der Waals surface area contributed by atoms with Gasteiger partial charge >= 0.3 is 0 Å². The van der Waals surface area contributed by atoms with Gasteiger partial charge in [0.25, 0.3) is 0 Å². The van der Waals surface area contributed by atoms with Crippen molar-refractivity contribution in [3.63, 3.8) is 0 Å². The van der Waals surface area contributed by atoms with Gasteiger partial charge in [0.15, 0.2) is 0 Å². The third kappa shape index (κ3) is 2.80. The molecule has 21 heavy (non-hydrogen) atoms. The van der Waals surface area contributed by atoms with E-state index in [1.165, 1.54) is 18.3 Å². The number of hydrogen-bond donors (Lipinski definition) is 0. The van der Waals surface area contributed by atoms with Crippen LogP contribution >= 0.6 is 22.6 Å². The molecule has 2 heterocycles. The van der Waals surface area contributed by atoms with Gasteiger partial charge in [-0.2, -0.15) is 15.5 Å². The second-order valence-electron chi connectivity index (χ2n) is 4.37. The zero-order chi connectivity index (χ0) is 14.8. The van der Waals surface area contributed by atoms with E-state index in [9.17, 15) is 4.39 Å². The zero-order valence-corrected chi connectivity index (χ0v) is 12.9. The van der Waals surface area contributed by atoms with Crippen molar-refractivity contribution < 1.29 is 4.39 Å². The molecular formula is C14H9FIN5. The summed E-state index contributed by atoms with van der Waals surface area (Å²) < 4.78 is 17.4. The summed E-state index contributed by atoms with van der Waals surface area (Å²) in [5.74, 6) is -0.275. The second kappa shape index (κ2) is 5.65. The number of nitrogens with zero attached hydrogens (tertiary/aromatic N) is 5. The monoisotopic (exact) mass is 393 g/mol.